The number of carbonyl (C=O) groups is 3. The maximum atomic E-state index is 13.8. The third-order valence-electron chi connectivity index (χ3n) is 7.51. The molecule has 8 heteroatoms. The summed E-state index contributed by atoms with van der Waals surface area (Å²) in [7, 11) is 1.56. The topological polar surface area (TPSA) is 80.2 Å². The van der Waals surface area contributed by atoms with Crippen molar-refractivity contribution in [1.29, 1.82) is 0 Å². The lowest BCUT2D eigenvalue weighted by atomic mass is 9.75. The molecule has 3 fully saturated rings. The normalized spacial score (nSPS) is 33.0. The van der Waals surface area contributed by atoms with Gasteiger partial charge in [0.2, 0.25) is 17.4 Å². The van der Waals surface area contributed by atoms with E-state index in [1.807, 2.05) is 6.07 Å². The summed E-state index contributed by atoms with van der Waals surface area (Å²) in [5.74, 6) is -2.17. The summed E-state index contributed by atoms with van der Waals surface area (Å²) >= 11 is 0. The van der Waals surface area contributed by atoms with Crippen LogP contribution in [0.1, 0.15) is 18.4 Å². The lowest BCUT2D eigenvalue weighted by Gasteiger charge is -2.33. The molecule has 2 N–H and O–H groups in total. The van der Waals surface area contributed by atoms with Crippen LogP contribution < -0.4 is 19.9 Å². The number of nitrogens with zero attached hydrogens (tertiary/aromatic N) is 1. The molecule has 6 rings (SSSR count). The minimum Gasteiger partial charge on any atom is -0.497 e. The van der Waals surface area contributed by atoms with Crippen LogP contribution in [0.3, 0.4) is 0 Å². The van der Waals surface area contributed by atoms with Crippen molar-refractivity contribution in [1.82, 2.24) is 0 Å². The number of imide groups is 1. The molecule has 0 saturated carbocycles. The van der Waals surface area contributed by atoms with Gasteiger partial charge in [0.25, 0.3) is 5.91 Å². The lowest BCUT2D eigenvalue weighted by molar-refractivity contribution is -0.948. The highest BCUT2D eigenvalue weighted by Crippen LogP contribution is 2.52. The number of amides is 3. The Morgan fingerprint density at radius 2 is 1.90 bits per heavy atom. The number of methoxy groups -OCH3 is 1. The number of halogens is 1. The molecule has 4 aliphatic rings. The summed E-state index contributed by atoms with van der Waals surface area (Å²) in [6.07, 6.45) is 1.66. The Labute approximate surface area is 177 Å². The van der Waals surface area contributed by atoms with Gasteiger partial charge in [-0.3, -0.25) is 14.4 Å². The van der Waals surface area contributed by atoms with Crippen LogP contribution >= 0.6 is 0 Å². The first-order valence-electron chi connectivity index (χ1n) is 10.5. The van der Waals surface area contributed by atoms with Gasteiger partial charge in [0.15, 0.2) is 0 Å². The second kappa shape index (κ2) is 6.13. The smallest absolute Gasteiger partial charge is 0.291 e. The number of benzene rings is 2. The van der Waals surface area contributed by atoms with Crippen molar-refractivity contribution >= 4 is 29.1 Å². The van der Waals surface area contributed by atoms with Crippen LogP contribution in [0.25, 0.3) is 0 Å². The summed E-state index contributed by atoms with van der Waals surface area (Å²) < 4.78 is 18.9. The molecule has 7 nitrogen and oxygen atoms in total. The van der Waals surface area contributed by atoms with Gasteiger partial charge in [-0.15, -0.1) is 0 Å². The fourth-order valence-corrected chi connectivity index (χ4v) is 6.41. The quantitative estimate of drug-likeness (QED) is 0.704. The van der Waals surface area contributed by atoms with Gasteiger partial charge in [-0.1, -0.05) is 0 Å². The van der Waals surface area contributed by atoms with Crippen molar-refractivity contribution in [3.8, 4) is 5.75 Å². The molecule has 0 bridgehead atoms. The standard InChI is InChI=1S/C23H20FN3O4/c1-31-14-8-9-16-15(11-14)23(22(30)25-16)19-18(17-3-2-10-26(17)23)20(28)27(21(19)29)13-6-4-12(24)5-7-13/h4-9,11,17-19H,2-3,10H2,1H3,(H,25,30)/p+1/t17-,18+,19-,23-/m0/s1. The highest BCUT2D eigenvalue weighted by molar-refractivity contribution is 6.25. The second-order valence-electron chi connectivity index (χ2n) is 8.69. The van der Waals surface area contributed by atoms with E-state index < -0.39 is 29.1 Å². The summed E-state index contributed by atoms with van der Waals surface area (Å²) in [5.41, 5.74) is 0.542. The Morgan fingerprint density at radius 3 is 2.65 bits per heavy atom. The molecule has 3 saturated heterocycles. The monoisotopic (exact) mass is 422 g/mol. The van der Waals surface area contributed by atoms with Crippen LogP contribution in [-0.4, -0.2) is 37.4 Å². The predicted octanol–water partition coefficient (Wildman–Crippen LogP) is 0.848. The maximum absolute atomic E-state index is 13.8. The molecule has 158 valence electrons. The number of rotatable bonds is 2. The fraction of sp³-hybridized carbons (Fsp3) is 0.348. The number of nitrogens with one attached hydrogen (secondary N) is 2. The van der Waals surface area contributed by atoms with Crippen LogP contribution in [0.2, 0.25) is 0 Å². The number of carbonyl (C=O) groups excluding carboxylic acids is 3. The first-order valence-corrected chi connectivity index (χ1v) is 10.5. The average molecular weight is 422 g/mol. The fourth-order valence-electron chi connectivity index (χ4n) is 6.41. The minimum atomic E-state index is -1.17. The Hall–Kier alpha value is -3.26. The van der Waals surface area contributed by atoms with Gasteiger partial charge in [-0.2, -0.15) is 0 Å². The van der Waals surface area contributed by atoms with Gasteiger partial charge in [-0.05, 0) is 42.5 Å². The summed E-state index contributed by atoms with van der Waals surface area (Å²) in [6, 6.07) is 10.6. The Bertz CT molecular complexity index is 1150. The van der Waals surface area contributed by atoms with Crippen LogP contribution in [0, 0.1) is 17.7 Å². The zero-order chi connectivity index (χ0) is 21.5. The van der Waals surface area contributed by atoms with Crippen LogP contribution in [-0.2, 0) is 19.9 Å². The molecular weight excluding hydrogens is 401 g/mol. The number of hydrogen-bond acceptors (Lipinski definition) is 4. The molecule has 2 aromatic carbocycles. The third kappa shape index (κ3) is 2.13. The van der Waals surface area contributed by atoms with Crippen LogP contribution in [0.5, 0.6) is 5.75 Å². The van der Waals surface area contributed by atoms with E-state index in [2.05, 4.69) is 5.32 Å². The van der Waals surface area contributed by atoms with Crippen LogP contribution in [0.4, 0.5) is 15.8 Å². The van der Waals surface area contributed by atoms with Crippen LogP contribution in [0.15, 0.2) is 42.5 Å². The lowest BCUT2D eigenvalue weighted by Crippen LogP contribution is -3.19. The van der Waals surface area contributed by atoms with Crippen molar-refractivity contribution in [2.75, 3.05) is 23.9 Å². The Kier molecular flexibility index (Phi) is 3.66. The zero-order valence-corrected chi connectivity index (χ0v) is 16.9. The molecule has 4 aliphatic heterocycles. The molecule has 2 aromatic rings. The van der Waals surface area contributed by atoms with Gasteiger partial charge in [0.1, 0.15) is 29.4 Å². The number of ether oxygens (including phenoxy) is 1. The Balaban J connectivity index is 1.55. The zero-order valence-electron chi connectivity index (χ0n) is 16.9. The van der Waals surface area contributed by atoms with E-state index in [0.29, 0.717) is 22.7 Å². The van der Waals surface area contributed by atoms with Gasteiger partial charge in [0.05, 0.1) is 30.6 Å². The molecule has 0 aromatic heterocycles. The van der Waals surface area contributed by atoms with E-state index in [1.165, 1.54) is 24.3 Å². The largest absolute Gasteiger partial charge is 0.497 e. The molecule has 31 heavy (non-hydrogen) atoms. The van der Waals surface area contributed by atoms with Crippen molar-refractivity contribution in [3.63, 3.8) is 0 Å². The Morgan fingerprint density at radius 1 is 1.13 bits per heavy atom. The maximum Gasteiger partial charge on any atom is 0.291 e. The van der Waals surface area contributed by atoms with Crippen molar-refractivity contribution < 1.29 is 28.4 Å². The van der Waals surface area contributed by atoms with Crippen molar-refractivity contribution in [2.45, 2.75) is 24.4 Å². The van der Waals surface area contributed by atoms with E-state index in [0.717, 1.165) is 29.2 Å². The van der Waals surface area contributed by atoms with E-state index in [9.17, 15) is 18.8 Å². The second-order valence-corrected chi connectivity index (χ2v) is 8.69. The van der Waals surface area contributed by atoms with Gasteiger partial charge in [0, 0.05) is 12.8 Å². The molecule has 4 heterocycles. The SMILES string of the molecule is COc1ccc2c(c1)[C@@]1(C(=O)N2)[C@@H]2C(=O)N(c3ccc(F)cc3)C(=O)[C@@H]2[C@@H]2CCC[NH+]21. The van der Waals surface area contributed by atoms with Crippen molar-refractivity contribution in [3.05, 3.63) is 53.8 Å². The molecule has 0 aliphatic carbocycles. The summed E-state index contributed by atoms with van der Waals surface area (Å²) in [4.78, 5) is 43.0. The third-order valence-corrected chi connectivity index (χ3v) is 7.51. The molecular formula is C23H21FN3O4+. The van der Waals surface area contributed by atoms with E-state index in [1.54, 1.807) is 19.2 Å². The highest BCUT2D eigenvalue weighted by atomic mass is 19.1. The van der Waals surface area contributed by atoms with E-state index in [-0.39, 0.29) is 17.9 Å². The number of quaternary nitrogens is 1. The van der Waals surface area contributed by atoms with E-state index in [4.69, 9.17) is 4.74 Å². The minimum absolute atomic E-state index is 0.116. The first kappa shape index (κ1) is 18.5. The molecule has 1 spiro atoms. The van der Waals surface area contributed by atoms with E-state index >= 15 is 0 Å². The van der Waals surface area contributed by atoms with Gasteiger partial charge >= 0.3 is 0 Å². The van der Waals surface area contributed by atoms with Gasteiger partial charge in [-0.25, -0.2) is 9.29 Å². The highest BCUT2D eigenvalue weighted by Gasteiger charge is 2.78. The van der Waals surface area contributed by atoms with Crippen molar-refractivity contribution in [2.24, 2.45) is 11.8 Å². The molecule has 5 atom stereocenters. The molecule has 3 amide bonds. The average Bonchev–Trinajstić information content (AvgIpc) is 3.47. The summed E-state index contributed by atoms with van der Waals surface area (Å²) in [5, 5.41) is 2.96. The number of anilines is 2. The number of fused-ring (bicyclic) bond motifs is 7. The van der Waals surface area contributed by atoms with Gasteiger partial charge < -0.3 is 15.0 Å². The predicted molar refractivity (Wildman–Crippen MR) is 108 cm³/mol. The molecule has 0 radical (unpaired) electrons. The number of hydrogen-bond donors (Lipinski definition) is 2. The first-order chi connectivity index (χ1) is 15.0. The molecule has 1 unspecified atom stereocenters. The summed E-state index contributed by atoms with van der Waals surface area (Å²) in [6.45, 7) is 0.721.